The quantitative estimate of drug-likeness (QED) is 0.278. The molecule has 4 saturated heterocycles. The highest BCUT2D eigenvalue weighted by molar-refractivity contribution is 6.35. The van der Waals surface area contributed by atoms with Crippen LogP contribution in [0.2, 0.25) is 5.02 Å². The van der Waals surface area contributed by atoms with E-state index < -0.39 is 23.6 Å². The first-order chi connectivity index (χ1) is 22.3. The van der Waals surface area contributed by atoms with E-state index in [-0.39, 0.29) is 30.1 Å². The molecular weight excluding hydrogens is 616 g/mol. The summed E-state index contributed by atoms with van der Waals surface area (Å²) >= 11 is 6.91. The minimum absolute atomic E-state index is 0.0184. The summed E-state index contributed by atoms with van der Waals surface area (Å²) in [4.78, 5) is 18.1. The number of nitrogens with zero attached hydrogens (tertiary/aromatic N) is 7. The molecule has 3 aromatic heterocycles. The van der Waals surface area contributed by atoms with Crippen molar-refractivity contribution in [3.63, 3.8) is 0 Å². The Morgan fingerprint density at radius 2 is 2.00 bits per heavy atom. The summed E-state index contributed by atoms with van der Waals surface area (Å²) < 4.78 is 45.5. The second-order valence-corrected chi connectivity index (χ2v) is 13.7. The molecule has 244 valence electrons. The van der Waals surface area contributed by atoms with Gasteiger partial charge in [-0.25, -0.2) is 13.5 Å². The zero-order valence-corrected chi connectivity index (χ0v) is 26.6. The number of aromatic nitrogens is 5. The SMILES string of the molecule is Cc1cc2c(cnn2C2CCCCO2)c(-c2ncc3c(N4CCC[C@@H](O)C4)nc(OC[C@@]45CCCN4C[C@H](F)C5)nc3c2F)c1Cl. The zero-order chi connectivity index (χ0) is 31.6. The van der Waals surface area contributed by atoms with Crippen LogP contribution < -0.4 is 9.64 Å². The molecule has 10 nitrogen and oxygen atoms in total. The number of β-amino-alcohol motifs (C(OH)–C–C–N with tert-alkyl or cyclic N) is 1. The third-order valence-corrected chi connectivity index (χ3v) is 10.7. The summed E-state index contributed by atoms with van der Waals surface area (Å²) in [5.41, 5.74) is 1.69. The van der Waals surface area contributed by atoms with Crippen molar-refractivity contribution >= 4 is 39.2 Å². The Balaban J connectivity index is 1.24. The summed E-state index contributed by atoms with van der Waals surface area (Å²) in [6.07, 6.45) is 8.19. The van der Waals surface area contributed by atoms with E-state index in [1.807, 2.05) is 22.6 Å². The number of aryl methyl sites for hydroxylation is 1. The summed E-state index contributed by atoms with van der Waals surface area (Å²) in [5, 5.41) is 16.6. The van der Waals surface area contributed by atoms with Gasteiger partial charge in [-0.15, -0.1) is 0 Å². The van der Waals surface area contributed by atoms with Crippen molar-refractivity contribution in [1.29, 1.82) is 0 Å². The van der Waals surface area contributed by atoms with Gasteiger partial charge >= 0.3 is 6.01 Å². The van der Waals surface area contributed by atoms with E-state index >= 15 is 4.39 Å². The first-order valence-electron chi connectivity index (χ1n) is 16.4. The third-order valence-electron chi connectivity index (χ3n) is 10.3. The van der Waals surface area contributed by atoms with E-state index in [0.717, 1.165) is 56.1 Å². The lowest BCUT2D eigenvalue weighted by Gasteiger charge is -2.32. The number of hydrogen-bond acceptors (Lipinski definition) is 9. The average Bonchev–Trinajstić information content (AvgIpc) is 3.73. The number of fused-ring (bicyclic) bond motifs is 3. The van der Waals surface area contributed by atoms with Crippen LogP contribution in [0.4, 0.5) is 14.6 Å². The smallest absolute Gasteiger partial charge is 0.319 e. The second-order valence-electron chi connectivity index (χ2n) is 13.3. The van der Waals surface area contributed by atoms with Crippen molar-refractivity contribution in [2.24, 2.45) is 0 Å². The number of piperidine rings is 1. The van der Waals surface area contributed by atoms with Crippen LogP contribution in [0.1, 0.15) is 63.2 Å². The van der Waals surface area contributed by atoms with Gasteiger partial charge in [0.25, 0.3) is 0 Å². The van der Waals surface area contributed by atoms with Crippen LogP contribution in [0.5, 0.6) is 6.01 Å². The van der Waals surface area contributed by atoms with Gasteiger partial charge in [0.1, 0.15) is 29.8 Å². The first kappa shape index (κ1) is 30.2. The maximum atomic E-state index is 16.9. The molecule has 0 amide bonds. The van der Waals surface area contributed by atoms with Crippen molar-refractivity contribution in [3.05, 3.63) is 34.9 Å². The van der Waals surface area contributed by atoms with Gasteiger partial charge in [0, 0.05) is 49.8 Å². The number of pyridine rings is 1. The van der Waals surface area contributed by atoms with Crippen molar-refractivity contribution in [1.82, 2.24) is 29.6 Å². The van der Waals surface area contributed by atoms with Crippen LogP contribution in [0.25, 0.3) is 33.1 Å². The molecule has 4 aromatic rings. The Hall–Kier alpha value is -3.19. The first-order valence-corrected chi connectivity index (χ1v) is 16.8. The predicted octanol–water partition coefficient (Wildman–Crippen LogP) is 5.76. The van der Waals surface area contributed by atoms with Crippen LogP contribution in [-0.4, -0.2) is 91.9 Å². The molecule has 4 aliphatic heterocycles. The topological polar surface area (TPSA) is 102 Å². The fraction of sp³-hybridized carbons (Fsp3) is 0.576. The summed E-state index contributed by atoms with van der Waals surface area (Å²) in [6.45, 7) is 4.99. The maximum absolute atomic E-state index is 16.9. The number of anilines is 1. The van der Waals surface area contributed by atoms with Gasteiger partial charge in [-0.05, 0) is 70.0 Å². The van der Waals surface area contributed by atoms with Gasteiger partial charge in [0.05, 0.1) is 33.8 Å². The van der Waals surface area contributed by atoms with Crippen molar-refractivity contribution in [3.8, 4) is 17.3 Å². The van der Waals surface area contributed by atoms with Crippen LogP contribution in [0, 0.1) is 12.7 Å². The minimum Gasteiger partial charge on any atom is -0.461 e. The van der Waals surface area contributed by atoms with E-state index in [0.29, 0.717) is 66.3 Å². The average molecular weight is 654 g/mol. The monoisotopic (exact) mass is 653 g/mol. The molecule has 7 heterocycles. The van der Waals surface area contributed by atoms with Gasteiger partial charge in [-0.2, -0.15) is 15.1 Å². The fourth-order valence-electron chi connectivity index (χ4n) is 7.97. The Morgan fingerprint density at radius 1 is 1.11 bits per heavy atom. The van der Waals surface area contributed by atoms with Crippen LogP contribution in [-0.2, 0) is 4.74 Å². The molecule has 0 radical (unpaired) electrons. The number of alkyl halides is 1. The summed E-state index contributed by atoms with van der Waals surface area (Å²) in [5.74, 6) is -0.195. The Morgan fingerprint density at radius 3 is 2.83 bits per heavy atom. The van der Waals surface area contributed by atoms with E-state index in [2.05, 4.69) is 20.0 Å². The number of aliphatic hydroxyl groups excluding tert-OH is 1. The molecule has 0 saturated carbocycles. The molecule has 1 unspecified atom stereocenters. The Bertz CT molecular complexity index is 1800. The molecule has 4 fully saturated rings. The molecule has 0 aliphatic carbocycles. The van der Waals surface area contributed by atoms with Crippen LogP contribution in [0.15, 0.2) is 18.5 Å². The number of ether oxygens (including phenoxy) is 2. The van der Waals surface area contributed by atoms with E-state index in [1.165, 1.54) is 0 Å². The lowest BCUT2D eigenvalue weighted by molar-refractivity contribution is -0.0366. The number of halogens is 3. The Kier molecular flexibility index (Phi) is 7.74. The van der Waals surface area contributed by atoms with Gasteiger partial charge in [-0.3, -0.25) is 9.88 Å². The van der Waals surface area contributed by atoms with E-state index in [1.54, 1.807) is 12.4 Å². The molecule has 1 aromatic carbocycles. The second kappa shape index (κ2) is 11.8. The van der Waals surface area contributed by atoms with Gasteiger partial charge in [0.2, 0.25) is 0 Å². The van der Waals surface area contributed by atoms with Crippen LogP contribution >= 0.6 is 11.6 Å². The molecular formula is C33H38ClF2N7O3. The fourth-order valence-corrected chi connectivity index (χ4v) is 8.21. The van der Waals surface area contributed by atoms with Crippen molar-refractivity contribution in [2.75, 3.05) is 44.3 Å². The van der Waals surface area contributed by atoms with Crippen molar-refractivity contribution in [2.45, 2.75) is 82.3 Å². The number of benzene rings is 1. The minimum atomic E-state index is -0.900. The molecule has 13 heteroatoms. The lowest BCUT2D eigenvalue weighted by atomic mass is 9.95. The molecule has 46 heavy (non-hydrogen) atoms. The molecule has 0 spiro atoms. The van der Waals surface area contributed by atoms with Crippen LogP contribution in [0.3, 0.4) is 0 Å². The molecule has 0 bridgehead atoms. The molecule has 4 aliphatic rings. The van der Waals surface area contributed by atoms with E-state index in [9.17, 15) is 9.50 Å². The highest BCUT2D eigenvalue weighted by atomic mass is 35.5. The largest absolute Gasteiger partial charge is 0.461 e. The van der Waals surface area contributed by atoms with E-state index in [4.69, 9.17) is 26.1 Å². The molecule has 1 N–H and O–H groups in total. The van der Waals surface area contributed by atoms with Gasteiger partial charge in [-0.1, -0.05) is 11.6 Å². The third kappa shape index (κ3) is 5.08. The highest BCUT2D eigenvalue weighted by Gasteiger charge is 2.49. The molecule has 8 rings (SSSR count). The molecule has 4 atom stereocenters. The summed E-state index contributed by atoms with van der Waals surface area (Å²) in [7, 11) is 0. The maximum Gasteiger partial charge on any atom is 0.319 e. The highest BCUT2D eigenvalue weighted by Crippen LogP contribution is 2.43. The standard InChI is InChI=1S/C33H38ClF2N7O3/c1-19-12-24-22(15-38-43(24)25-7-2-3-11-45-25)26(27(19)34)30-28(36)29-23(14-37-30)31(41-9-4-6-21(44)17-41)40-32(39-29)46-18-33-8-5-10-42(33)16-20(35)13-33/h12,14-15,20-21,25,44H,2-11,13,16-18H2,1H3/t20-,21-,25?,33+/m1/s1. The number of hydrogen-bond donors (Lipinski definition) is 1. The zero-order valence-electron chi connectivity index (χ0n) is 25.9. The lowest BCUT2D eigenvalue weighted by Crippen LogP contribution is -2.43. The van der Waals surface area contributed by atoms with Gasteiger partial charge < -0.3 is 19.5 Å². The Labute approximate surface area is 270 Å². The van der Waals surface area contributed by atoms with Crippen molar-refractivity contribution < 1.29 is 23.4 Å². The summed E-state index contributed by atoms with van der Waals surface area (Å²) in [6, 6.07) is 1.97. The predicted molar refractivity (Wildman–Crippen MR) is 171 cm³/mol. The van der Waals surface area contributed by atoms with Gasteiger partial charge in [0.15, 0.2) is 12.0 Å². The number of aliphatic hydroxyl groups is 1. The normalized spacial score (nSPS) is 27.2. The number of rotatable bonds is 6.